The molecular weight excluding hydrogens is 336 g/mol. The van der Waals surface area contributed by atoms with Crippen LogP contribution < -0.4 is 0 Å². The maximum atomic E-state index is 12.5. The van der Waals surface area contributed by atoms with E-state index in [-0.39, 0.29) is 59.7 Å². The highest BCUT2D eigenvalue weighted by atomic mass is 16.6. The number of methoxy groups -OCH3 is 1. The standard InChI is InChI=1S/C20H30O6/c1-11(21)25-18-13-7-4-5-8-14(13)19(26-12(2)22)17-15(18)9-6-10-16(17)20(23)24-3/h13-19H,4-10H2,1-3H3. The quantitative estimate of drug-likeness (QED) is 0.564. The fourth-order valence-electron chi connectivity index (χ4n) is 5.87. The van der Waals surface area contributed by atoms with E-state index in [2.05, 4.69) is 0 Å². The second kappa shape index (κ2) is 7.97. The van der Waals surface area contributed by atoms with E-state index in [1.807, 2.05) is 0 Å². The lowest BCUT2D eigenvalue weighted by Crippen LogP contribution is -2.59. The van der Waals surface area contributed by atoms with E-state index < -0.39 is 0 Å². The molecule has 3 rings (SSSR count). The Labute approximate surface area is 154 Å². The van der Waals surface area contributed by atoms with Gasteiger partial charge >= 0.3 is 17.9 Å². The monoisotopic (exact) mass is 366 g/mol. The molecule has 0 aromatic heterocycles. The minimum Gasteiger partial charge on any atom is -0.469 e. The van der Waals surface area contributed by atoms with Gasteiger partial charge in [0.15, 0.2) is 0 Å². The first-order chi connectivity index (χ1) is 12.4. The molecule has 7 atom stereocenters. The number of hydrogen-bond donors (Lipinski definition) is 0. The van der Waals surface area contributed by atoms with Gasteiger partial charge in [-0.2, -0.15) is 0 Å². The fraction of sp³-hybridized carbons (Fsp3) is 0.850. The third kappa shape index (κ3) is 3.60. The van der Waals surface area contributed by atoms with Gasteiger partial charge in [0, 0.05) is 37.5 Å². The van der Waals surface area contributed by atoms with Crippen LogP contribution in [0.2, 0.25) is 0 Å². The highest BCUT2D eigenvalue weighted by molar-refractivity contribution is 5.73. The van der Waals surface area contributed by atoms with E-state index in [9.17, 15) is 14.4 Å². The van der Waals surface area contributed by atoms with Crippen molar-refractivity contribution in [2.75, 3.05) is 7.11 Å². The molecule has 3 saturated carbocycles. The van der Waals surface area contributed by atoms with E-state index in [4.69, 9.17) is 14.2 Å². The van der Waals surface area contributed by atoms with E-state index in [0.29, 0.717) is 0 Å². The first-order valence-electron chi connectivity index (χ1n) is 9.86. The molecule has 0 N–H and O–H groups in total. The summed E-state index contributed by atoms with van der Waals surface area (Å²) in [5.74, 6) is -0.874. The Morgan fingerprint density at radius 1 is 0.731 bits per heavy atom. The summed E-state index contributed by atoms with van der Waals surface area (Å²) in [5, 5.41) is 0. The van der Waals surface area contributed by atoms with Gasteiger partial charge in [-0.1, -0.05) is 19.3 Å². The maximum Gasteiger partial charge on any atom is 0.309 e. The van der Waals surface area contributed by atoms with Crippen molar-refractivity contribution < 1.29 is 28.6 Å². The zero-order valence-electron chi connectivity index (χ0n) is 15.9. The van der Waals surface area contributed by atoms with Crippen LogP contribution in [-0.2, 0) is 28.6 Å². The van der Waals surface area contributed by atoms with Gasteiger partial charge in [-0.25, -0.2) is 0 Å². The molecule has 6 nitrogen and oxygen atoms in total. The van der Waals surface area contributed by atoms with E-state index in [1.54, 1.807) is 0 Å². The van der Waals surface area contributed by atoms with Crippen molar-refractivity contribution in [3.8, 4) is 0 Å². The third-order valence-corrected chi connectivity index (χ3v) is 6.64. The van der Waals surface area contributed by atoms with E-state index in [1.165, 1.54) is 21.0 Å². The minimum absolute atomic E-state index is 0.0421. The zero-order chi connectivity index (χ0) is 18.8. The van der Waals surface area contributed by atoms with Gasteiger partial charge in [-0.3, -0.25) is 14.4 Å². The van der Waals surface area contributed by atoms with Crippen LogP contribution in [0.15, 0.2) is 0 Å². The number of ether oxygens (including phenoxy) is 3. The lowest BCUT2D eigenvalue weighted by atomic mass is 9.54. The summed E-state index contributed by atoms with van der Waals surface area (Å²) in [6.45, 7) is 2.88. The Morgan fingerprint density at radius 3 is 1.85 bits per heavy atom. The zero-order valence-corrected chi connectivity index (χ0v) is 15.9. The summed E-state index contributed by atoms with van der Waals surface area (Å²) in [6.07, 6.45) is 6.12. The van der Waals surface area contributed by atoms with Gasteiger partial charge in [-0.15, -0.1) is 0 Å². The van der Waals surface area contributed by atoms with Crippen LogP contribution in [-0.4, -0.2) is 37.2 Å². The van der Waals surface area contributed by atoms with Gasteiger partial charge in [0.1, 0.15) is 12.2 Å². The first-order valence-corrected chi connectivity index (χ1v) is 9.86. The number of hydrogen-bond acceptors (Lipinski definition) is 6. The normalized spacial score (nSPS) is 39.1. The molecule has 0 aromatic carbocycles. The van der Waals surface area contributed by atoms with Crippen molar-refractivity contribution in [2.45, 2.75) is 71.0 Å². The molecule has 0 aliphatic heterocycles. The minimum atomic E-state index is -0.307. The van der Waals surface area contributed by atoms with Crippen LogP contribution in [0.5, 0.6) is 0 Å². The van der Waals surface area contributed by atoms with Gasteiger partial charge in [0.25, 0.3) is 0 Å². The molecule has 3 aliphatic carbocycles. The van der Waals surface area contributed by atoms with Crippen molar-refractivity contribution in [3.63, 3.8) is 0 Å². The molecular formula is C20H30O6. The Morgan fingerprint density at radius 2 is 1.27 bits per heavy atom. The fourth-order valence-corrected chi connectivity index (χ4v) is 5.87. The second-order valence-corrected chi connectivity index (χ2v) is 8.06. The molecule has 0 heterocycles. The molecule has 0 saturated heterocycles. The summed E-state index contributed by atoms with van der Waals surface area (Å²) in [7, 11) is 1.41. The molecule has 0 radical (unpaired) electrons. The Hall–Kier alpha value is -1.59. The Bertz CT molecular complexity index is 559. The van der Waals surface area contributed by atoms with Gasteiger partial charge < -0.3 is 14.2 Å². The van der Waals surface area contributed by atoms with Crippen LogP contribution >= 0.6 is 0 Å². The number of esters is 3. The van der Waals surface area contributed by atoms with Crippen molar-refractivity contribution in [1.82, 2.24) is 0 Å². The largest absolute Gasteiger partial charge is 0.469 e. The highest BCUT2D eigenvalue weighted by Gasteiger charge is 2.58. The van der Waals surface area contributed by atoms with Crippen molar-refractivity contribution in [2.24, 2.45) is 29.6 Å². The third-order valence-electron chi connectivity index (χ3n) is 6.64. The number of carbonyl (C=O) groups is 3. The summed E-state index contributed by atoms with van der Waals surface area (Å²) < 4.78 is 16.7. The lowest BCUT2D eigenvalue weighted by Gasteiger charge is -2.55. The molecule has 0 bridgehead atoms. The number of carbonyl (C=O) groups excluding carboxylic acids is 3. The second-order valence-electron chi connectivity index (χ2n) is 8.06. The summed E-state index contributed by atoms with van der Waals surface area (Å²) in [6, 6.07) is 0. The average molecular weight is 366 g/mol. The van der Waals surface area contributed by atoms with Crippen LogP contribution in [0.3, 0.4) is 0 Å². The predicted octanol–water partition coefficient (Wildman–Crippen LogP) is 2.88. The molecule has 0 amide bonds. The summed E-state index contributed by atoms with van der Waals surface area (Å²) in [4.78, 5) is 36.1. The molecule has 26 heavy (non-hydrogen) atoms. The molecule has 6 heteroatoms. The lowest BCUT2D eigenvalue weighted by molar-refractivity contribution is -0.205. The van der Waals surface area contributed by atoms with Gasteiger partial charge in [0.05, 0.1) is 13.0 Å². The van der Waals surface area contributed by atoms with Gasteiger partial charge in [-0.05, 0) is 25.7 Å². The van der Waals surface area contributed by atoms with Gasteiger partial charge in [0.2, 0.25) is 0 Å². The number of fused-ring (bicyclic) bond motifs is 2. The highest BCUT2D eigenvalue weighted by Crippen LogP contribution is 2.54. The average Bonchev–Trinajstić information content (AvgIpc) is 2.62. The van der Waals surface area contributed by atoms with Crippen LogP contribution in [0.1, 0.15) is 58.8 Å². The molecule has 3 fully saturated rings. The molecule has 7 unspecified atom stereocenters. The predicted molar refractivity (Wildman–Crippen MR) is 92.9 cm³/mol. The molecule has 0 aromatic rings. The number of rotatable bonds is 3. The van der Waals surface area contributed by atoms with E-state index in [0.717, 1.165) is 44.9 Å². The van der Waals surface area contributed by atoms with Crippen molar-refractivity contribution in [1.29, 1.82) is 0 Å². The van der Waals surface area contributed by atoms with Crippen LogP contribution in [0.25, 0.3) is 0 Å². The molecule has 146 valence electrons. The van der Waals surface area contributed by atoms with Crippen molar-refractivity contribution >= 4 is 17.9 Å². The Kier molecular flexibility index (Phi) is 5.88. The maximum absolute atomic E-state index is 12.5. The van der Waals surface area contributed by atoms with Crippen LogP contribution in [0, 0.1) is 29.6 Å². The van der Waals surface area contributed by atoms with E-state index >= 15 is 0 Å². The topological polar surface area (TPSA) is 78.9 Å². The first kappa shape index (κ1) is 19.2. The molecule has 0 spiro atoms. The Balaban J connectivity index is 2.00. The smallest absolute Gasteiger partial charge is 0.309 e. The molecule has 3 aliphatic rings. The SMILES string of the molecule is COC(=O)C1CCCC2C(OC(C)=O)C3CCCCC3C(OC(C)=O)C12. The summed E-state index contributed by atoms with van der Waals surface area (Å²) >= 11 is 0. The van der Waals surface area contributed by atoms with Crippen LogP contribution in [0.4, 0.5) is 0 Å². The van der Waals surface area contributed by atoms with Crippen molar-refractivity contribution in [3.05, 3.63) is 0 Å². The summed E-state index contributed by atoms with van der Waals surface area (Å²) in [5.41, 5.74) is 0.